The van der Waals surface area contributed by atoms with E-state index in [0.717, 1.165) is 12.1 Å². The Kier molecular flexibility index (Phi) is 15.6. The highest BCUT2D eigenvalue weighted by Gasteiger charge is 2.14. The van der Waals surface area contributed by atoms with Gasteiger partial charge in [-0.05, 0) is 25.5 Å². The molecule has 0 spiro atoms. The second-order valence-corrected chi connectivity index (χ2v) is 6.78. The van der Waals surface area contributed by atoms with Gasteiger partial charge in [-0.2, -0.15) is 0 Å². The number of unbranched alkanes of at least 4 members (excludes halogenated alkanes) is 9. The van der Waals surface area contributed by atoms with E-state index in [1.165, 1.54) is 64.2 Å². The molecular weight excluding hydrogens is 318 g/mol. The summed E-state index contributed by atoms with van der Waals surface area (Å²) in [6, 6.07) is 10.0. The summed E-state index contributed by atoms with van der Waals surface area (Å²) in [5.41, 5.74) is 0.996. The van der Waals surface area contributed by atoms with Gasteiger partial charge in [0.15, 0.2) is 0 Å². The van der Waals surface area contributed by atoms with Gasteiger partial charge < -0.3 is 10.4 Å². The number of benzene rings is 1. The van der Waals surface area contributed by atoms with Gasteiger partial charge >= 0.3 is 0 Å². The predicted octanol–water partition coefficient (Wildman–Crippen LogP) is 6.04. The second-order valence-electron chi connectivity index (χ2n) is 6.78. The zero-order chi connectivity index (χ0) is 16.8. The molecule has 0 heterocycles. The van der Waals surface area contributed by atoms with Crippen molar-refractivity contribution in [1.29, 1.82) is 0 Å². The lowest BCUT2D eigenvalue weighted by molar-refractivity contribution is 0.136. The van der Waals surface area contributed by atoms with Crippen molar-refractivity contribution in [1.82, 2.24) is 5.32 Å². The molecule has 0 aliphatic carbocycles. The molecule has 2 atom stereocenters. The van der Waals surface area contributed by atoms with Gasteiger partial charge in [0.25, 0.3) is 0 Å². The molecule has 0 saturated carbocycles. The summed E-state index contributed by atoms with van der Waals surface area (Å²) >= 11 is 0. The van der Waals surface area contributed by atoms with Crippen LogP contribution in [0.2, 0.25) is 0 Å². The van der Waals surface area contributed by atoms with Crippen LogP contribution in [0.1, 0.15) is 89.7 Å². The van der Waals surface area contributed by atoms with E-state index in [9.17, 15) is 5.11 Å². The van der Waals surface area contributed by atoms with E-state index in [1.807, 2.05) is 30.3 Å². The first-order valence-electron chi connectivity index (χ1n) is 9.72. The van der Waals surface area contributed by atoms with Crippen LogP contribution in [0.3, 0.4) is 0 Å². The molecule has 2 N–H and O–H groups in total. The summed E-state index contributed by atoms with van der Waals surface area (Å²) in [4.78, 5) is 0. The Morgan fingerprint density at radius 3 is 1.88 bits per heavy atom. The molecule has 2 nitrogen and oxygen atoms in total. The largest absolute Gasteiger partial charge is 0.387 e. The van der Waals surface area contributed by atoms with Gasteiger partial charge in [0.1, 0.15) is 0 Å². The third-order valence-corrected chi connectivity index (χ3v) is 4.61. The highest BCUT2D eigenvalue weighted by molar-refractivity contribution is 5.85. The van der Waals surface area contributed by atoms with E-state index in [0.29, 0.717) is 0 Å². The van der Waals surface area contributed by atoms with Crippen LogP contribution in [-0.2, 0) is 0 Å². The molecule has 0 saturated heterocycles. The van der Waals surface area contributed by atoms with Crippen LogP contribution < -0.4 is 5.32 Å². The molecule has 3 heteroatoms. The van der Waals surface area contributed by atoms with Crippen molar-refractivity contribution in [3.05, 3.63) is 35.9 Å². The van der Waals surface area contributed by atoms with Crippen molar-refractivity contribution >= 4 is 12.4 Å². The van der Waals surface area contributed by atoms with Gasteiger partial charge in [-0.15, -0.1) is 12.4 Å². The van der Waals surface area contributed by atoms with Crippen LogP contribution >= 0.6 is 12.4 Å². The van der Waals surface area contributed by atoms with Crippen molar-refractivity contribution in [2.24, 2.45) is 0 Å². The molecule has 0 radical (unpaired) electrons. The maximum absolute atomic E-state index is 10.3. The maximum Gasteiger partial charge on any atom is 0.0940 e. The first kappa shape index (κ1) is 23.4. The molecule has 1 aromatic carbocycles. The maximum atomic E-state index is 10.3. The lowest BCUT2D eigenvalue weighted by Gasteiger charge is -2.20. The summed E-state index contributed by atoms with van der Waals surface area (Å²) in [6.45, 7) is 5.34. The molecule has 1 aromatic rings. The Morgan fingerprint density at radius 2 is 1.33 bits per heavy atom. The summed E-state index contributed by atoms with van der Waals surface area (Å²) in [7, 11) is 0. The molecule has 24 heavy (non-hydrogen) atoms. The minimum Gasteiger partial charge on any atom is -0.387 e. The van der Waals surface area contributed by atoms with Crippen LogP contribution in [0.5, 0.6) is 0 Å². The highest BCUT2D eigenvalue weighted by Crippen LogP contribution is 2.16. The Hall–Kier alpha value is -0.570. The Morgan fingerprint density at radius 1 is 0.833 bits per heavy atom. The fraction of sp³-hybridized carbons (Fsp3) is 0.714. The fourth-order valence-corrected chi connectivity index (χ4v) is 2.99. The Labute approximate surface area is 155 Å². The van der Waals surface area contributed by atoms with Crippen LogP contribution in [0.25, 0.3) is 0 Å². The first-order valence-corrected chi connectivity index (χ1v) is 9.72. The molecule has 0 aliphatic rings. The van der Waals surface area contributed by atoms with Crippen molar-refractivity contribution in [2.45, 2.75) is 90.2 Å². The Balaban J connectivity index is 0.00000529. The SMILES string of the molecule is CCCCCCCCCCCCNC(C)C(O)c1ccccc1.Cl. The standard InChI is InChI=1S/C21H37NO.ClH/c1-3-4-5-6-7-8-9-10-11-15-18-22-19(2)21(23)20-16-13-12-14-17-20;/h12-14,16-17,19,21-23H,3-11,15,18H2,1-2H3;1H. The quantitative estimate of drug-likeness (QED) is 0.398. The van der Waals surface area contributed by atoms with Gasteiger partial charge in [0.2, 0.25) is 0 Å². The minimum atomic E-state index is -0.417. The van der Waals surface area contributed by atoms with Crippen molar-refractivity contribution in [3.8, 4) is 0 Å². The van der Waals surface area contributed by atoms with Crippen LogP contribution in [0, 0.1) is 0 Å². The monoisotopic (exact) mass is 355 g/mol. The number of aliphatic hydroxyl groups excluding tert-OH is 1. The third-order valence-electron chi connectivity index (χ3n) is 4.61. The van der Waals surface area contributed by atoms with Crippen LogP contribution in [-0.4, -0.2) is 17.7 Å². The number of hydrogen-bond acceptors (Lipinski definition) is 2. The molecule has 0 aliphatic heterocycles. The number of aliphatic hydroxyl groups is 1. The molecule has 0 bridgehead atoms. The van der Waals surface area contributed by atoms with E-state index in [4.69, 9.17) is 0 Å². The number of halogens is 1. The van der Waals surface area contributed by atoms with Gasteiger partial charge in [0, 0.05) is 6.04 Å². The zero-order valence-electron chi connectivity index (χ0n) is 15.7. The molecule has 2 unspecified atom stereocenters. The molecule has 0 aromatic heterocycles. The highest BCUT2D eigenvalue weighted by atomic mass is 35.5. The van der Waals surface area contributed by atoms with E-state index >= 15 is 0 Å². The smallest absolute Gasteiger partial charge is 0.0940 e. The Bertz CT molecular complexity index is 371. The average molecular weight is 356 g/mol. The average Bonchev–Trinajstić information content (AvgIpc) is 2.59. The fourth-order valence-electron chi connectivity index (χ4n) is 2.99. The first-order chi connectivity index (χ1) is 11.3. The summed E-state index contributed by atoms with van der Waals surface area (Å²) in [5, 5.41) is 13.7. The number of rotatable bonds is 14. The minimum absolute atomic E-state index is 0. The normalized spacial score (nSPS) is 13.3. The predicted molar refractivity (Wildman–Crippen MR) is 108 cm³/mol. The molecule has 0 fully saturated rings. The topological polar surface area (TPSA) is 32.3 Å². The van der Waals surface area contributed by atoms with E-state index in [2.05, 4.69) is 19.2 Å². The van der Waals surface area contributed by atoms with Crippen LogP contribution in [0.15, 0.2) is 30.3 Å². The molecule has 1 rings (SSSR count). The molecule has 0 amide bonds. The third kappa shape index (κ3) is 11.1. The van der Waals surface area contributed by atoms with Crippen molar-refractivity contribution in [3.63, 3.8) is 0 Å². The summed E-state index contributed by atoms with van der Waals surface area (Å²) < 4.78 is 0. The van der Waals surface area contributed by atoms with Gasteiger partial charge in [-0.1, -0.05) is 95.0 Å². The number of nitrogens with one attached hydrogen (secondary N) is 1. The summed E-state index contributed by atoms with van der Waals surface area (Å²) in [5.74, 6) is 0. The van der Waals surface area contributed by atoms with Crippen molar-refractivity contribution < 1.29 is 5.11 Å². The van der Waals surface area contributed by atoms with Crippen LogP contribution in [0.4, 0.5) is 0 Å². The van der Waals surface area contributed by atoms with E-state index in [1.54, 1.807) is 0 Å². The van der Waals surface area contributed by atoms with Gasteiger partial charge in [0.05, 0.1) is 6.10 Å². The zero-order valence-corrected chi connectivity index (χ0v) is 16.5. The lowest BCUT2D eigenvalue weighted by atomic mass is 10.0. The van der Waals surface area contributed by atoms with Crippen molar-refractivity contribution in [2.75, 3.05) is 6.54 Å². The van der Waals surface area contributed by atoms with E-state index < -0.39 is 6.10 Å². The van der Waals surface area contributed by atoms with Gasteiger partial charge in [-0.25, -0.2) is 0 Å². The molecule has 140 valence electrons. The number of hydrogen-bond donors (Lipinski definition) is 2. The summed E-state index contributed by atoms with van der Waals surface area (Å²) in [6.07, 6.45) is 13.2. The molecular formula is C21H38ClNO. The van der Waals surface area contributed by atoms with E-state index in [-0.39, 0.29) is 18.4 Å². The lowest BCUT2D eigenvalue weighted by Crippen LogP contribution is -2.32. The second kappa shape index (κ2) is 15.9. The van der Waals surface area contributed by atoms with Gasteiger partial charge in [-0.3, -0.25) is 0 Å².